The van der Waals surface area contributed by atoms with Gasteiger partial charge < -0.3 is 9.73 Å². The molecule has 0 spiro atoms. The smallest absolute Gasteiger partial charge is 0.234 e. The minimum Gasteiger partial charge on any atom is -0.461 e. The Labute approximate surface area is 190 Å². The zero-order valence-electron chi connectivity index (χ0n) is 15.8. The van der Waals surface area contributed by atoms with Crippen LogP contribution in [0, 0.1) is 6.92 Å². The molecule has 2 aromatic heterocycles. The molecule has 0 unspecified atom stereocenters. The molecule has 30 heavy (non-hydrogen) atoms. The molecule has 1 N–H and O–H groups in total. The summed E-state index contributed by atoms with van der Waals surface area (Å²) >= 11 is 10.8. The average molecular weight is 504 g/mol. The SMILES string of the molecule is Cc1cc(NC(=O)CSc2nnc(-c3ccco3)n2-c2ccc(Cl)cc2)ccc1Br. The Bertz CT molecular complexity index is 1180. The van der Waals surface area contributed by atoms with Crippen molar-refractivity contribution in [2.45, 2.75) is 12.1 Å². The van der Waals surface area contributed by atoms with E-state index < -0.39 is 0 Å². The van der Waals surface area contributed by atoms with E-state index in [0.29, 0.717) is 21.8 Å². The van der Waals surface area contributed by atoms with Crippen LogP contribution in [-0.2, 0) is 4.79 Å². The summed E-state index contributed by atoms with van der Waals surface area (Å²) in [5.41, 5.74) is 2.62. The molecule has 9 heteroatoms. The number of benzene rings is 2. The maximum absolute atomic E-state index is 12.5. The first kappa shape index (κ1) is 20.7. The third kappa shape index (κ3) is 4.61. The van der Waals surface area contributed by atoms with Crippen molar-refractivity contribution < 1.29 is 9.21 Å². The molecule has 4 aromatic rings. The van der Waals surface area contributed by atoms with Crippen LogP contribution in [0.1, 0.15) is 5.56 Å². The summed E-state index contributed by atoms with van der Waals surface area (Å²) < 4.78 is 8.34. The van der Waals surface area contributed by atoms with Gasteiger partial charge in [-0.05, 0) is 67.1 Å². The highest BCUT2D eigenvalue weighted by molar-refractivity contribution is 9.10. The average Bonchev–Trinajstić information content (AvgIpc) is 3.39. The number of amides is 1. The van der Waals surface area contributed by atoms with Crippen LogP contribution < -0.4 is 5.32 Å². The Kier molecular flexibility index (Phi) is 6.26. The minimum absolute atomic E-state index is 0.132. The number of anilines is 1. The Balaban J connectivity index is 1.55. The lowest BCUT2D eigenvalue weighted by molar-refractivity contribution is -0.113. The maximum Gasteiger partial charge on any atom is 0.234 e. The molecule has 2 heterocycles. The van der Waals surface area contributed by atoms with Crippen LogP contribution in [0.5, 0.6) is 0 Å². The lowest BCUT2D eigenvalue weighted by Crippen LogP contribution is -2.14. The van der Waals surface area contributed by atoms with Gasteiger partial charge in [0.25, 0.3) is 0 Å². The molecule has 0 fully saturated rings. The Hall–Kier alpha value is -2.55. The van der Waals surface area contributed by atoms with E-state index in [1.54, 1.807) is 24.5 Å². The fourth-order valence-electron chi connectivity index (χ4n) is 2.80. The number of furan rings is 1. The number of nitrogens with one attached hydrogen (secondary N) is 1. The van der Waals surface area contributed by atoms with Crippen molar-refractivity contribution in [3.05, 3.63) is 75.9 Å². The molecule has 0 aliphatic carbocycles. The molecular weight excluding hydrogens is 488 g/mol. The zero-order valence-corrected chi connectivity index (χ0v) is 19.0. The van der Waals surface area contributed by atoms with Gasteiger partial charge in [0.05, 0.1) is 12.0 Å². The van der Waals surface area contributed by atoms with Crippen molar-refractivity contribution in [2.24, 2.45) is 0 Å². The molecule has 0 bridgehead atoms. The highest BCUT2D eigenvalue weighted by Crippen LogP contribution is 2.29. The molecule has 0 aliphatic heterocycles. The maximum atomic E-state index is 12.5. The topological polar surface area (TPSA) is 73.0 Å². The van der Waals surface area contributed by atoms with Gasteiger partial charge in [0.1, 0.15) is 0 Å². The van der Waals surface area contributed by atoms with Crippen molar-refractivity contribution in [3.8, 4) is 17.3 Å². The van der Waals surface area contributed by atoms with Gasteiger partial charge in [0.15, 0.2) is 10.9 Å². The number of aryl methyl sites for hydroxylation is 1. The second-order valence-electron chi connectivity index (χ2n) is 6.40. The number of nitrogens with zero attached hydrogens (tertiary/aromatic N) is 3. The highest BCUT2D eigenvalue weighted by atomic mass is 79.9. The lowest BCUT2D eigenvalue weighted by atomic mass is 10.2. The van der Waals surface area contributed by atoms with E-state index in [1.807, 2.05) is 47.9 Å². The van der Waals surface area contributed by atoms with Crippen LogP contribution in [0.2, 0.25) is 5.02 Å². The first-order chi connectivity index (χ1) is 14.5. The first-order valence-electron chi connectivity index (χ1n) is 8.95. The number of carbonyl (C=O) groups excluding carboxylic acids is 1. The summed E-state index contributed by atoms with van der Waals surface area (Å²) in [7, 11) is 0. The van der Waals surface area contributed by atoms with E-state index >= 15 is 0 Å². The number of thioether (sulfide) groups is 1. The first-order valence-corrected chi connectivity index (χ1v) is 11.1. The van der Waals surface area contributed by atoms with Crippen LogP contribution >= 0.6 is 39.3 Å². The van der Waals surface area contributed by atoms with Crippen LogP contribution in [0.25, 0.3) is 17.3 Å². The summed E-state index contributed by atoms with van der Waals surface area (Å²) in [6.07, 6.45) is 1.58. The second-order valence-corrected chi connectivity index (χ2v) is 8.63. The molecule has 4 rings (SSSR count). The van der Waals surface area contributed by atoms with Crippen molar-refractivity contribution in [1.82, 2.24) is 14.8 Å². The predicted molar refractivity (Wildman–Crippen MR) is 122 cm³/mol. The van der Waals surface area contributed by atoms with Gasteiger partial charge in [-0.3, -0.25) is 9.36 Å². The van der Waals surface area contributed by atoms with E-state index in [9.17, 15) is 4.79 Å². The summed E-state index contributed by atoms with van der Waals surface area (Å²) in [4.78, 5) is 12.5. The van der Waals surface area contributed by atoms with Gasteiger partial charge in [0, 0.05) is 20.9 Å². The van der Waals surface area contributed by atoms with Gasteiger partial charge in [-0.1, -0.05) is 39.3 Å². The monoisotopic (exact) mass is 502 g/mol. The third-order valence-corrected chi connectivity index (χ3v) is 6.30. The highest BCUT2D eigenvalue weighted by Gasteiger charge is 2.19. The molecule has 0 saturated heterocycles. The molecule has 0 atom stereocenters. The molecular formula is C21H16BrClN4O2S. The van der Waals surface area contributed by atoms with Crippen molar-refractivity contribution in [1.29, 1.82) is 0 Å². The molecule has 0 aliphatic rings. The van der Waals surface area contributed by atoms with Crippen molar-refractivity contribution in [3.63, 3.8) is 0 Å². The van der Waals surface area contributed by atoms with Gasteiger partial charge in [0.2, 0.25) is 11.7 Å². The summed E-state index contributed by atoms with van der Waals surface area (Å²) in [6.45, 7) is 1.97. The van der Waals surface area contributed by atoms with E-state index in [4.69, 9.17) is 16.0 Å². The third-order valence-electron chi connectivity index (χ3n) is 4.23. The summed E-state index contributed by atoms with van der Waals surface area (Å²) in [5, 5.41) is 12.7. The molecule has 6 nitrogen and oxygen atoms in total. The number of hydrogen-bond donors (Lipinski definition) is 1. The number of carbonyl (C=O) groups is 1. The van der Waals surface area contributed by atoms with Gasteiger partial charge in [-0.15, -0.1) is 10.2 Å². The Morgan fingerprint density at radius 2 is 2.00 bits per heavy atom. The molecule has 1 amide bonds. The quantitative estimate of drug-likeness (QED) is 0.328. The molecule has 0 radical (unpaired) electrons. The van der Waals surface area contributed by atoms with Crippen LogP contribution in [-0.4, -0.2) is 26.4 Å². The largest absolute Gasteiger partial charge is 0.461 e. The van der Waals surface area contributed by atoms with Gasteiger partial charge >= 0.3 is 0 Å². The van der Waals surface area contributed by atoms with E-state index in [0.717, 1.165) is 21.4 Å². The number of rotatable bonds is 6. The van der Waals surface area contributed by atoms with Crippen LogP contribution in [0.15, 0.2) is 74.9 Å². The van der Waals surface area contributed by atoms with E-state index in [1.165, 1.54) is 11.8 Å². The summed E-state index contributed by atoms with van der Waals surface area (Å²) in [5.74, 6) is 1.18. The number of aromatic nitrogens is 3. The normalized spacial score (nSPS) is 10.9. The van der Waals surface area contributed by atoms with Gasteiger partial charge in [-0.2, -0.15) is 0 Å². The predicted octanol–water partition coefficient (Wildman–Crippen LogP) is 5.98. The van der Waals surface area contributed by atoms with E-state index in [-0.39, 0.29) is 11.7 Å². The van der Waals surface area contributed by atoms with Gasteiger partial charge in [-0.25, -0.2) is 0 Å². The van der Waals surface area contributed by atoms with Crippen molar-refractivity contribution in [2.75, 3.05) is 11.1 Å². The van der Waals surface area contributed by atoms with Crippen LogP contribution in [0.3, 0.4) is 0 Å². The number of halogens is 2. The lowest BCUT2D eigenvalue weighted by Gasteiger charge is -2.10. The number of hydrogen-bond acceptors (Lipinski definition) is 5. The molecule has 152 valence electrons. The Morgan fingerprint density at radius 3 is 2.70 bits per heavy atom. The van der Waals surface area contributed by atoms with Crippen LogP contribution in [0.4, 0.5) is 5.69 Å². The molecule has 0 saturated carbocycles. The van der Waals surface area contributed by atoms with E-state index in [2.05, 4.69) is 31.4 Å². The Morgan fingerprint density at radius 1 is 1.20 bits per heavy atom. The zero-order chi connectivity index (χ0) is 21.1. The standard InChI is InChI=1S/C21H16BrClN4O2S/c1-13-11-15(6-9-17(13)22)24-19(28)12-30-21-26-25-20(18-3-2-10-29-18)27(21)16-7-4-14(23)5-8-16/h2-11H,12H2,1H3,(H,24,28). The minimum atomic E-state index is -0.132. The fraction of sp³-hybridized carbons (Fsp3) is 0.0952. The molecule has 2 aromatic carbocycles. The van der Waals surface area contributed by atoms with Crippen molar-refractivity contribution >= 4 is 50.9 Å². The summed E-state index contributed by atoms with van der Waals surface area (Å²) in [6, 6.07) is 16.6. The second kappa shape index (κ2) is 9.07. The fourth-order valence-corrected chi connectivity index (χ4v) is 3.93.